The van der Waals surface area contributed by atoms with Crippen LogP contribution in [0.3, 0.4) is 0 Å². The van der Waals surface area contributed by atoms with E-state index in [1.807, 2.05) is 6.07 Å². The minimum Gasteiger partial charge on any atom is -0.484 e. The molecule has 2 fully saturated rings. The van der Waals surface area contributed by atoms with Gasteiger partial charge in [0, 0.05) is 17.4 Å². The predicted molar refractivity (Wildman–Crippen MR) is 107 cm³/mol. The molecule has 0 aromatic heterocycles. The van der Waals surface area contributed by atoms with Gasteiger partial charge in [0.05, 0.1) is 0 Å². The van der Waals surface area contributed by atoms with Gasteiger partial charge in [0.1, 0.15) is 22.9 Å². The van der Waals surface area contributed by atoms with Crippen molar-refractivity contribution in [2.75, 3.05) is 12.4 Å². The van der Waals surface area contributed by atoms with Gasteiger partial charge in [-0.3, -0.25) is 19.3 Å². The largest absolute Gasteiger partial charge is 0.484 e. The number of carbonyl (C=O) groups excluding carboxylic acids is 3. The quantitative estimate of drug-likeness (QED) is 0.643. The summed E-state index contributed by atoms with van der Waals surface area (Å²) in [7, 11) is 0. The smallest absolute Gasteiger partial charge is 0.352 e. The van der Waals surface area contributed by atoms with E-state index in [1.54, 1.807) is 24.3 Å². The molecule has 0 unspecified atom stereocenters. The van der Waals surface area contributed by atoms with Gasteiger partial charge in [-0.25, -0.2) is 4.79 Å². The lowest BCUT2D eigenvalue weighted by atomic mass is 10.00. The molecule has 29 heavy (non-hydrogen) atoms. The van der Waals surface area contributed by atoms with Gasteiger partial charge in [-0.2, -0.15) is 0 Å². The predicted octanol–water partition coefficient (Wildman–Crippen LogP) is 1.23. The SMILES string of the molecule is O=C(COc1ccccc1)N[C@@H]1C(=O)N2C(C(=O)O)=C([C@H]3CCC(=O)S3)CS[C@H]12. The van der Waals surface area contributed by atoms with E-state index in [2.05, 4.69) is 5.32 Å². The summed E-state index contributed by atoms with van der Waals surface area (Å²) in [5, 5.41) is 11.7. The molecule has 0 aliphatic carbocycles. The number of para-hydroxylation sites is 1. The van der Waals surface area contributed by atoms with Crippen molar-refractivity contribution < 1.29 is 29.0 Å². The van der Waals surface area contributed by atoms with Crippen LogP contribution in [-0.4, -0.2) is 61.9 Å². The second-order valence-electron chi connectivity index (χ2n) is 6.75. The average Bonchev–Trinajstić information content (AvgIpc) is 3.16. The molecule has 2 saturated heterocycles. The van der Waals surface area contributed by atoms with Crippen LogP contribution in [0.25, 0.3) is 0 Å². The fourth-order valence-electron chi connectivity index (χ4n) is 3.54. The minimum atomic E-state index is -1.18. The van der Waals surface area contributed by atoms with E-state index in [1.165, 1.54) is 16.7 Å². The molecule has 2 amide bonds. The van der Waals surface area contributed by atoms with Gasteiger partial charge < -0.3 is 15.2 Å². The molecule has 3 atom stereocenters. The van der Waals surface area contributed by atoms with Crippen molar-refractivity contribution in [2.24, 2.45) is 0 Å². The zero-order valence-corrected chi connectivity index (χ0v) is 16.8. The zero-order valence-electron chi connectivity index (χ0n) is 15.2. The van der Waals surface area contributed by atoms with Crippen LogP contribution < -0.4 is 10.1 Å². The number of carboxylic acid groups (broad SMARTS) is 1. The van der Waals surface area contributed by atoms with E-state index < -0.39 is 29.2 Å². The maximum absolute atomic E-state index is 12.6. The summed E-state index contributed by atoms with van der Waals surface area (Å²) in [4.78, 5) is 49.5. The van der Waals surface area contributed by atoms with E-state index in [-0.39, 0.29) is 22.7 Å². The Morgan fingerprint density at radius 3 is 2.66 bits per heavy atom. The Morgan fingerprint density at radius 1 is 1.24 bits per heavy atom. The number of fused-ring (bicyclic) bond motifs is 1. The number of aliphatic carboxylic acids is 1. The fourth-order valence-corrected chi connectivity index (χ4v) is 6.20. The number of benzene rings is 1. The number of ether oxygens (including phenoxy) is 1. The fraction of sp³-hybridized carbons (Fsp3) is 0.368. The molecule has 0 radical (unpaired) electrons. The number of hydrogen-bond acceptors (Lipinski definition) is 7. The number of nitrogens with zero attached hydrogens (tertiary/aromatic N) is 1. The molecule has 152 valence electrons. The maximum Gasteiger partial charge on any atom is 0.352 e. The first-order valence-electron chi connectivity index (χ1n) is 9.03. The summed E-state index contributed by atoms with van der Waals surface area (Å²) in [6.07, 6.45) is 0.994. The molecular weight excluding hydrogens is 416 g/mol. The number of carbonyl (C=O) groups is 4. The van der Waals surface area contributed by atoms with E-state index in [0.29, 0.717) is 29.9 Å². The molecule has 0 bridgehead atoms. The molecule has 3 aliphatic heterocycles. The molecule has 8 nitrogen and oxygen atoms in total. The average molecular weight is 434 g/mol. The Kier molecular flexibility index (Phi) is 5.55. The first kappa shape index (κ1) is 19.8. The van der Waals surface area contributed by atoms with Crippen LogP contribution in [0.2, 0.25) is 0 Å². The zero-order chi connectivity index (χ0) is 20.5. The molecule has 3 heterocycles. The Bertz CT molecular complexity index is 903. The lowest BCUT2D eigenvalue weighted by molar-refractivity contribution is -0.151. The Morgan fingerprint density at radius 2 is 2.00 bits per heavy atom. The number of nitrogens with one attached hydrogen (secondary N) is 1. The third kappa shape index (κ3) is 3.86. The molecule has 3 aliphatic rings. The Balaban J connectivity index is 1.42. The molecule has 2 N–H and O–H groups in total. The highest BCUT2D eigenvalue weighted by atomic mass is 32.2. The molecule has 10 heteroatoms. The number of rotatable bonds is 6. The number of thioether (sulfide) groups is 2. The molecule has 4 rings (SSSR count). The normalized spacial score (nSPS) is 26.1. The van der Waals surface area contributed by atoms with E-state index in [9.17, 15) is 24.3 Å². The lowest BCUT2D eigenvalue weighted by Crippen LogP contribution is -2.71. The van der Waals surface area contributed by atoms with E-state index in [0.717, 1.165) is 11.8 Å². The van der Waals surface area contributed by atoms with E-state index in [4.69, 9.17) is 4.74 Å². The molecule has 0 spiro atoms. The third-order valence-electron chi connectivity index (χ3n) is 4.90. The van der Waals surface area contributed by atoms with Crippen molar-refractivity contribution >= 4 is 46.4 Å². The van der Waals surface area contributed by atoms with Crippen molar-refractivity contribution in [3.63, 3.8) is 0 Å². The van der Waals surface area contributed by atoms with Crippen LogP contribution >= 0.6 is 23.5 Å². The van der Waals surface area contributed by atoms with Crippen molar-refractivity contribution in [3.8, 4) is 5.75 Å². The molecule has 1 aromatic rings. The van der Waals surface area contributed by atoms with Crippen molar-refractivity contribution in [1.82, 2.24) is 10.2 Å². The Hall–Kier alpha value is -2.46. The van der Waals surface area contributed by atoms with Gasteiger partial charge >= 0.3 is 5.97 Å². The second kappa shape index (κ2) is 8.11. The summed E-state index contributed by atoms with van der Waals surface area (Å²) in [5.41, 5.74) is 0.567. The topological polar surface area (TPSA) is 113 Å². The molecule has 1 aromatic carbocycles. The standard InChI is InChI=1S/C19H18N2O6S2/c22-13(8-27-10-4-2-1-3-5-10)20-15-17(24)21-16(19(25)26)11(9-28-18(15)21)12-6-7-14(23)29-12/h1-5,12,15,18H,6-9H2,(H,20,22)(H,25,26)/t12-,15-,18-/m1/s1. The maximum atomic E-state index is 12.6. The highest BCUT2D eigenvalue weighted by Gasteiger charge is 2.55. The van der Waals surface area contributed by atoms with Crippen molar-refractivity contribution in [3.05, 3.63) is 41.6 Å². The lowest BCUT2D eigenvalue weighted by Gasteiger charge is -2.49. The van der Waals surface area contributed by atoms with Crippen LogP contribution in [-0.2, 0) is 19.2 Å². The number of hydrogen-bond donors (Lipinski definition) is 2. The van der Waals surface area contributed by atoms with Crippen LogP contribution in [0.15, 0.2) is 41.6 Å². The molecular formula is C19H18N2O6S2. The second-order valence-corrected chi connectivity index (χ2v) is 9.12. The minimum absolute atomic E-state index is 0.0397. The first-order chi connectivity index (χ1) is 14.0. The van der Waals surface area contributed by atoms with Crippen molar-refractivity contribution in [2.45, 2.75) is 29.5 Å². The number of amides is 2. The summed E-state index contributed by atoms with van der Waals surface area (Å²) < 4.78 is 5.38. The number of carboxylic acids is 1. The van der Waals surface area contributed by atoms with Crippen LogP contribution in [0.1, 0.15) is 12.8 Å². The van der Waals surface area contributed by atoms with Gasteiger partial charge in [-0.05, 0) is 24.1 Å². The van der Waals surface area contributed by atoms with Gasteiger partial charge in [-0.15, -0.1) is 11.8 Å². The highest BCUT2D eigenvalue weighted by molar-refractivity contribution is 8.14. The van der Waals surface area contributed by atoms with Crippen LogP contribution in [0.4, 0.5) is 0 Å². The summed E-state index contributed by atoms with van der Waals surface area (Å²) in [6, 6.07) is 8.05. The molecule has 0 saturated carbocycles. The van der Waals surface area contributed by atoms with Crippen molar-refractivity contribution in [1.29, 1.82) is 0 Å². The Labute approximate surface area is 175 Å². The van der Waals surface area contributed by atoms with Gasteiger partial charge in [0.15, 0.2) is 11.7 Å². The van der Waals surface area contributed by atoms with Gasteiger partial charge in [0.25, 0.3) is 11.8 Å². The summed E-state index contributed by atoms with van der Waals surface area (Å²) in [5.74, 6) is -1.14. The first-order valence-corrected chi connectivity index (χ1v) is 11.0. The van der Waals surface area contributed by atoms with Crippen LogP contribution in [0.5, 0.6) is 5.75 Å². The summed E-state index contributed by atoms with van der Waals surface area (Å²) in [6.45, 7) is -0.237. The number of β-lactam (4-membered cyclic amide) rings is 1. The third-order valence-corrected chi connectivity index (χ3v) is 7.48. The highest BCUT2D eigenvalue weighted by Crippen LogP contribution is 2.45. The van der Waals surface area contributed by atoms with E-state index >= 15 is 0 Å². The summed E-state index contributed by atoms with van der Waals surface area (Å²) >= 11 is 2.54. The van der Waals surface area contributed by atoms with Gasteiger partial charge in [-0.1, -0.05) is 30.0 Å². The van der Waals surface area contributed by atoms with Crippen LogP contribution in [0, 0.1) is 0 Å². The monoisotopic (exact) mass is 434 g/mol. The van der Waals surface area contributed by atoms with Gasteiger partial charge in [0.2, 0.25) is 0 Å².